The van der Waals surface area contributed by atoms with Crippen LogP contribution in [-0.4, -0.2) is 42.2 Å². The molecule has 154 valence electrons. The van der Waals surface area contributed by atoms with Crippen LogP contribution < -0.4 is 9.64 Å². The molecule has 1 fully saturated rings. The number of methoxy groups -OCH3 is 1. The molecule has 2 heterocycles. The molecule has 0 aromatic heterocycles. The van der Waals surface area contributed by atoms with Crippen LogP contribution in [0.3, 0.4) is 0 Å². The fraction of sp³-hybridized carbons (Fsp3) is 0.304. The maximum Gasteiger partial charge on any atom is 0.229 e. The van der Waals surface area contributed by atoms with Crippen molar-refractivity contribution in [2.45, 2.75) is 18.8 Å². The summed E-state index contributed by atoms with van der Waals surface area (Å²) in [6.45, 7) is 0.558. The van der Waals surface area contributed by atoms with Gasteiger partial charge in [0.1, 0.15) is 5.75 Å². The van der Waals surface area contributed by atoms with E-state index in [1.54, 1.807) is 12.0 Å². The molecular formula is C23H23N3O3S. The Balaban J connectivity index is 1.58. The van der Waals surface area contributed by atoms with E-state index in [9.17, 15) is 10.1 Å². The fourth-order valence-electron chi connectivity index (χ4n) is 3.85. The van der Waals surface area contributed by atoms with Crippen molar-refractivity contribution in [1.29, 1.82) is 5.26 Å². The van der Waals surface area contributed by atoms with Crippen LogP contribution in [0.5, 0.6) is 5.75 Å². The van der Waals surface area contributed by atoms with E-state index in [4.69, 9.17) is 9.84 Å². The van der Waals surface area contributed by atoms with Crippen molar-refractivity contribution in [3.8, 4) is 11.8 Å². The lowest BCUT2D eigenvalue weighted by atomic mass is 9.86. The van der Waals surface area contributed by atoms with Crippen LogP contribution in [0.4, 0.5) is 5.69 Å². The lowest BCUT2D eigenvalue weighted by Crippen LogP contribution is -2.47. The standard InChI is InChI=1S/C23H23N3O3S/c1-29-19-8-4-17(5-9-19)20-12-22(28)26-14-25(15-30-23(26)21(20)13-24)18-6-2-16(3-7-18)10-11-27/h2-9,20,27H,10-12,14-15H2,1H3/t20-/m0/s1. The van der Waals surface area contributed by atoms with E-state index in [0.29, 0.717) is 24.5 Å². The second-order valence-corrected chi connectivity index (χ2v) is 8.21. The van der Waals surface area contributed by atoms with Gasteiger partial charge < -0.3 is 14.7 Å². The number of rotatable bonds is 5. The quantitative estimate of drug-likeness (QED) is 0.797. The topological polar surface area (TPSA) is 76.8 Å². The Bertz CT molecular complexity index is 996. The molecule has 1 N–H and O–H groups in total. The number of thioether (sulfide) groups is 1. The number of anilines is 1. The number of aliphatic hydroxyl groups excluding tert-OH is 1. The molecular weight excluding hydrogens is 398 g/mol. The minimum absolute atomic E-state index is 0.0268. The van der Waals surface area contributed by atoms with E-state index in [2.05, 4.69) is 11.0 Å². The Morgan fingerprint density at radius 1 is 1.20 bits per heavy atom. The molecule has 1 saturated heterocycles. The summed E-state index contributed by atoms with van der Waals surface area (Å²) in [5, 5.41) is 19.7. The van der Waals surface area contributed by atoms with Gasteiger partial charge in [-0.25, -0.2) is 0 Å². The van der Waals surface area contributed by atoms with Crippen LogP contribution in [-0.2, 0) is 11.2 Å². The molecule has 1 atom stereocenters. The molecule has 0 aliphatic carbocycles. The van der Waals surface area contributed by atoms with Crippen molar-refractivity contribution in [3.63, 3.8) is 0 Å². The Labute approximate surface area is 180 Å². The fourth-order valence-corrected chi connectivity index (χ4v) is 5.02. The maximum absolute atomic E-state index is 13.0. The molecule has 6 nitrogen and oxygen atoms in total. The number of benzene rings is 2. The molecule has 2 aromatic rings. The number of hydrogen-bond donors (Lipinski definition) is 1. The van der Waals surface area contributed by atoms with Gasteiger partial charge in [-0.2, -0.15) is 5.26 Å². The van der Waals surface area contributed by atoms with Crippen LogP contribution in [0.1, 0.15) is 23.5 Å². The molecule has 2 aromatic carbocycles. The summed E-state index contributed by atoms with van der Waals surface area (Å²) in [5.74, 6) is 1.22. The number of amides is 1. The Kier molecular flexibility index (Phi) is 5.98. The summed E-state index contributed by atoms with van der Waals surface area (Å²) >= 11 is 1.53. The summed E-state index contributed by atoms with van der Waals surface area (Å²) in [5.41, 5.74) is 3.71. The SMILES string of the molecule is COc1ccc([C@@H]2CC(=O)N3CN(c4ccc(CCO)cc4)CSC3=C2C#N)cc1. The number of nitrogens with zero attached hydrogens (tertiary/aromatic N) is 3. The summed E-state index contributed by atoms with van der Waals surface area (Å²) in [6, 6.07) is 18.0. The summed E-state index contributed by atoms with van der Waals surface area (Å²) in [7, 11) is 1.62. The molecule has 1 amide bonds. The van der Waals surface area contributed by atoms with Gasteiger partial charge in [-0.05, 0) is 41.8 Å². The second kappa shape index (κ2) is 8.82. The van der Waals surface area contributed by atoms with Crippen LogP contribution in [0, 0.1) is 11.3 Å². The van der Waals surface area contributed by atoms with Crippen LogP contribution >= 0.6 is 11.8 Å². The Morgan fingerprint density at radius 3 is 2.57 bits per heavy atom. The van der Waals surface area contributed by atoms with E-state index in [1.807, 2.05) is 48.5 Å². The Hall–Kier alpha value is -2.95. The third-order valence-electron chi connectivity index (χ3n) is 5.51. The highest BCUT2D eigenvalue weighted by Gasteiger charge is 2.38. The van der Waals surface area contributed by atoms with Crippen LogP contribution in [0.25, 0.3) is 0 Å². The number of carbonyl (C=O) groups is 1. The van der Waals surface area contributed by atoms with Gasteiger partial charge in [-0.3, -0.25) is 9.69 Å². The van der Waals surface area contributed by atoms with Crippen molar-refractivity contribution >= 4 is 23.4 Å². The number of allylic oxidation sites excluding steroid dienone is 1. The van der Waals surface area contributed by atoms with Crippen molar-refractivity contribution in [2.24, 2.45) is 0 Å². The molecule has 2 aliphatic rings. The highest BCUT2D eigenvalue weighted by Crippen LogP contribution is 2.43. The smallest absolute Gasteiger partial charge is 0.229 e. The first-order valence-electron chi connectivity index (χ1n) is 9.80. The first kappa shape index (κ1) is 20.3. The zero-order valence-corrected chi connectivity index (χ0v) is 17.6. The summed E-state index contributed by atoms with van der Waals surface area (Å²) < 4.78 is 5.22. The molecule has 0 bridgehead atoms. The predicted molar refractivity (Wildman–Crippen MR) is 117 cm³/mol. The van der Waals surface area contributed by atoms with Gasteiger partial charge in [0.25, 0.3) is 0 Å². The number of aliphatic hydroxyl groups is 1. The molecule has 2 aliphatic heterocycles. The first-order valence-corrected chi connectivity index (χ1v) is 10.8. The highest BCUT2D eigenvalue weighted by atomic mass is 32.2. The number of carbonyl (C=O) groups excluding carboxylic acids is 1. The number of ether oxygens (including phenoxy) is 1. The zero-order chi connectivity index (χ0) is 21.1. The monoisotopic (exact) mass is 421 g/mol. The maximum atomic E-state index is 13.0. The van der Waals surface area contributed by atoms with E-state index in [0.717, 1.165) is 27.6 Å². The number of nitriles is 1. The van der Waals surface area contributed by atoms with Crippen LogP contribution in [0.15, 0.2) is 59.1 Å². The largest absolute Gasteiger partial charge is 0.497 e. The van der Waals surface area contributed by atoms with Crippen molar-refractivity contribution < 1.29 is 14.6 Å². The minimum atomic E-state index is -0.225. The van der Waals surface area contributed by atoms with Crippen molar-refractivity contribution in [3.05, 3.63) is 70.3 Å². The molecule has 30 heavy (non-hydrogen) atoms. The molecule has 0 spiro atoms. The van der Waals surface area contributed by atoms with Crippen molar-refractivity contribution in [1.82, 2.24) is 4.90 Å². The number of fused-ring (bicyclic) bond motifs is 1. The van der Waals surface area contributed by atoms with E-state index >= 15 is 0 Å². The van der Waals surface area contributed by atoms with Gasteiger partial charge >= 0.3 is 0 Å². The third kappa shape index (κ3) is 3.89. The summed E-state index contributed by atoms with van der Waals surface area (Å²) in [6.07, 6.45) is 0.910. The average molecular weight is 422 g/mol. The van der Waals surface area contributed by atoms with Gasteiger partial charge in [0, 0.05) is 24.6 Å². The normalized spacial score (nSPS) is 18.8. The molecule has 0 saturated carbocycles. The zero-order valence-electron chi connectivity index (χ0n) is 16.7. The highest BCUT2D eigenvalue weighted by molar-refractivity contribution is 8.03. The van der Waals surface area contributed by atoms with Gasteiger partial charge in [-0.1, -0.05) is 36.0 Å². The Morgan fingerprint density at radius 2 is 1.93 bits per heavy atom. The molecule has 4 rings (SSSR count). The third-order valence-corrected chi connectivity index (χ3v) is 6.67. The van der Waals surface area contributed by atoms with Gasteiger partial charge in [-0.15, -0.1) is 0 Å². The molecule has 0 radical (unpaired) electrons. The number of hydrogen-bond acceptors (Lipinski definition) is 6. The lowest BCUT2D eigenvalue weighted by molar-refractivity contribution is -0.129. The second-order valence-electron chi connectivity index (χ2n) is 7.28. The molecule has 0 unspecified atom stereocenters. The van der Waals surface area contributed by atoms with E-state index < -0.39 is 0 Å². The van der Waals surface area contributed by atoms with E-state index in [1.165, 1.54) is 11.8 Å². The van der Waals surface area contributed by atoms with Gasteiger partial charge in [0.2, 0.25) is 5.91 Å². The molecule has 7 heteroatoms. The minimum Gasteiger partial charge on any atom is -0.497 e. The van der Waals surface area contributed by atoms with Gasteiger partial charge in [0.05, 0.1) is 36.3 Å². The summed E-state index contributed by atoms with van der Waals surface area (Å²) in [4.78, 5) is 16.9. The average Bonchev–Trinajstić information content (AvgIpc) is 2.79. The predicted octanol–water partition coefficient (Wildman–Crippen LogP) is 3.45. The first-order chi connectivity index (χ1) is 14.6. The lowest BCUT2D eigenvalue weighted by Gasteiger charge is -2.42. The van der Waals surface area contributed by atoms with Crippen molar-refractivity contribution in [2.75, 3.05) is 31.2 Å². The van der Waals surface area contributed by atoms with Gasteiger partial charge in [0.15, 0.2) is 0 Å². The van der Waals surface area contributed by atoms with Crippen LogP contribution in [0.2, 0.25) is 0 Å². The van der Waals surface area contributed by atoms with E-state index in [-0.39, 0.29) is 24.9 Å².